The Morgan fingerprint density at radius 2 is 1.80 bits per heavy atom. The van der Waals surface area contributed by atoms with Crippen molar-refractivity contribution >= 4 is 39.5 Å². The highest BCUT2D eigenvalue weighted by molar-refractivity contribution is 7.19. The average Bonchev–Trinajstić information content (AvgIpc) is 3.04. The molecule has 0 saturated carbocycles. The van der Waals surface area contributed by atoms with Gasteiger partial charge in [0.25, 0.3) is 23.1 Å². The minimum atomic E-state index is -0.627. The summed E-state index contributed by atoms with van der Waals surface area (Å²) in [6, 6.07) is 5.07. The lowest BCUT2D eigenvalue weighted by atomic mass is 10.2. The fourth-order valence-electron chi connectivity index (χ4n) is 2.49. The van der Waals surface area contributed by atoms with Gasteiger partial charge in [0.1, 0.15) is 10.6 Å². The van der Waals surface area contributed by atoms with E-state index in [9.17, 15) is 24.5 Å². The number of carbonyl (C=O) groups excluding carboxylic acids is 2. The number of hydrogen-bond acceptors (Lipinski definition) is 8. The second-order valence-corrected chi connectivity index (χ2v) is 6.17. The zero-order chi connectivity index (χ0) is 17.9. The standard InChI is InChI=1S/C14H7N5O5S/c1-6-11(20)15-14-18(16-6)9-10(25-14)13(22)17(12(9)21)7-2-4-8(5-3-7)19(23)24/h2-5H,1H3. The van der Waals surface area contributed by atoms with Crippen LogP contribution >= 0.6 is 11.3 Å². The van der Waals surface area contributed by atoms with Crippen LogP contribution in [-0.2, 0) is 0 Å². The Bertz CT molecular complexity index is 1150. The number of nitro benzene ring substituents is 1. The van der Waals surface area contributed by atoms with Gasteiger partial charge in [-0.15, -0.1) is 0 Å². The van der Waals surface area contributed by atoms with Crippen molar-refractivity contribution in [2.75, 3.05) is 4.90 Å². The summed E-state index contributed by atoms with van der Waals surface area (Å²) < 4.78 is 1.18. The first kappa shape index (κ1) is 15.1. The zero-order valence-corrected chi connectivity index (χ0v) is 13.3. The number of non-ortho nitro benzene ring substituents is 1. The fraction of sp³-hybridized carbons (Fsp3) is 0.0714. The van der Waals surface area contributed by atoms with E-state index in [4.69, 9.17) is 0 Å². The van der Waals surface area contributed by atoms with Crippen LogP contribution in [0.25, 0.3) is 4.96 Å². The Labute approximate surface area is 142 Å². The highest BCUT2D eigenvalue weighted by atomic mass is 32.1. The van der Waals surface area contributed by atoms with E-state index in [2.05, 4.69) is 10.1 Å². The van der Waals surface area contributed by atoms with Crippen LogP contribution in [0.3, 0.4) is 0 Å². The van der Waals surface area contributed by atoms with Crippen molar-refractivity contribution in [1.29, 1.82) is 0 Å². The number of aryl methyl sites for hydroxylation is 1. The van der Waals surface area contributed by atoms with Gasteiger partial charge < -0.3 is 0 Å². The summed E-state index contributed by atoms with van der Waals surface area (Å²) in [6.07, 6.45) is 0. The summed E-state index contributed by atoms with van der Waals surface area (Å²) in [7, 11) is 0. The third-order valence-electron chi connectivity index (χ3n) is 3.68. The van der Waals surface area contributed by atoms with Crippen LogP contribution in [0.4, 0.5) is 11.4 Å². The third kappa shape index (κ3) is 2.06. The van der Waals surface area contributed by atoms with E-state index in [1.807, 2.05) is 0 Å². The topological polar surface area (TPSA) is 128 Å². The number of nitro groups is 1. The highest BCUT2D eigenvalue weighted by Gasteiger charge is 2.41. The van der Waals surface area contributed by atoms with E-state index in [-0.39, 0.29) is 32.6 Å². The number of amides is 2. The van der Waals surface area contributed by atoms with E-state index in [1.165, 1.54) is 35.7 Å². The number of anilines is 1. The fourth-order valence-corrected chi connectivity index (χ4v) is 3.47. The molecule has 1 aliphatic rings. The molecule has 10 nitrogen and oxygen atoms in total. The number of hydrogen-bond donors (Lipinski definition) is 0. The minimum absolute atomic E-state index is 0.0268. The maximum absolute atomic E-state index is 12.7. The van der Waals surface area contributed by atoms with E-state index < -0.39 is 22.3 Å². The van der Waals surface area contributed by atoms with Crippen LogP contribution in [0.1, 0.15) is 25.9 Å². The van der Waals surface area contributed by atoms with Gasteiger partial charge in [0.15, 0.2) is 5.69 Å². The second kappa shape index (κ2) is 5.01. The minimum Gasteiger partial charge on any atom is -0.267 e. The van der Waals surface area contributed by atoms with Crippen molar-refractivity contribution in [1.82, 2.24) is 14.6 Å². The number of carbonyl (C=O) groups is 2. The van der Waals surface area contributed by atoms with Crippen LogP contribution in [0, 0.1) is 17.0 Å². The van der Waals surface area contributed by atoms with Crippen molar-refractivity contribution in [2.45, 2.75) is 6.92 Å². The van der Waals surface area contributed by atoms with Gasteiger partial charge in [-0.3, -0.25) is 24.5 Å². The molecule has 1 aromatic carbocycles. The van der Waals surface area contributed by atoms with E-state index in [0.717, 1.165) is 16.2 Å². The van der Waals surface area contributed by atoms with Gasteiger partial charge in [-0.25, -0.2) is 4.90 Å². The summed E-state index contributed by atoms with van der Waals surface area (Å²) in [5.74, 6) is -1.21. The maximum Gasteiger partial charge on any atom is 0.295 e. The van der Waals surface area contributed by atoms with Gasteiger partial charge in [0.05, 0.1) is 10.6 Å². The molecule has 2 amide bonds. The molecule has 0 fully saturated rings. The Kier molecular flexibility index (Phi) is 3.02. The molecule has 0 atom stereocenters. The SMILES string of the molecule is Cc1nn2c3c(sc2nc1=O)C(=O)N(c1ccc([N+](=O)[O-])cc1)C3=O. The molecule has 0 aliphatic carbocycles. The predicted octanol–water partition coefficient (Wildman–Crippen LogP) is 1.17. The summed E-state index contributed by atoms with van der Waals surface area (Å²) in [5.41, 5.74) is -0.331. The number of thiazole rings is 1. The molecule has 11 heteroatoms. The van der Waals surface area contributed by atoms with Crippen LogP contribution < -0.4 is 10.5 Å². The van der Waals surface area contributed by atoms with E-state index in [0.29, 0.717) is 0 Å². The van der Waals surface area contributed by atoms with Gasteiger partial charge in [0, 0.05) is 12.1 Å². The van der Waals surface area contributed by atoms with Crippen LogP contribution in [0.15, 0.2) is 29.1 Å². The highest BCUT2D eigenvalue weighted by Crippen LogP contribution is 2.33. The Morgan fingerprint density at radius 3 is 2.44 bits per heavy atom. The molecule has 3 aromatic rings. The quantitative estimate of drug-likeness (QED) is 0.382. The molecule has 0 spiro atoms. The van der Waals surface area contributed by atoms with Gasteiger partial charge in [-0.05, 0) is 19.1 Å². The van der Waals surface area contributed by atoms with Crippen molar-refractivity contribution in [3.05, 3.63) is 61.0 Å². The second-order valence-electron chi connectivity index (χ2n) is 5.20. The van der Waals surface area contributed by atoms with Crippen molar-refractivity contribution in [3.8, 4) is 0 Å². The molecule has 0 unspecified atom stereocenters. The number of aromatic nitrogens is 3. The number of nitrogens with zero attached hydrogens (tertiary/aromatic N) is 5. The molecule has 124 valence electrons. The Morgan fingerprint density at radius 1 is 1.12 bits per heavy atom. The van der Waals surface area contributed by atoms with Crippen LogP contribution in [-0.4, -0.2) is 31.3 Å². The van der Waals surface area contributed by atoms with E-state index in [1.54, 1.807) is 0 Å². The molecule has 2 aromatic heterocycles. The summed E-state index contributed by atoms with van der Waals surface area (Å²) >= 11 is 0.897. The summed E-state index contributed by atoms with van der Waals surface area (Å²) in [5, 5.41) is 14.7. The van der Waals surface area contributed by atoms with Crippen molar-refractivity contribution in [3.63, 3.8) is 0 Å². The molecule has 3 heterocycles. The number of imide groups is 1. The first-order chi connectivity index (χ1) is 11.9. The molecule has 0 saturated heterocycles. The smallest absolute Gasteiger partial charge is 0.267 e. The molecule has 0 radical (unpaired) electrons. The molecule has 1 aliphatic heterocycles. The van der Waals surface area contributed by atoms with Crippen LogP contribution in [0.2, 0.25) is 0 Å². The molecular formula is C14H7N5O5S. The van der Waals surface area contributed by atoms with Crippen LogP contribution in [0.5, 0.6) is 0 Å². The van der Waals surface area contributed by atoms with E-state index >= 15 is 0 Å². The normalized spacial score (nSPS) is 13.6. The van der Waals surface area contributed by atoms with Crippen molar-refractivity contribution < 1.29 is 14.5 Å². The summed E-state index contributed by atoms with van der Waals surface area (Å²) in [4.78, 5) is 52.0. The average molecular weight is 357 g/mol. The monoisotopic (exact) mass is 357 g/mol. The lowest BCUT2D eigenvalue weighted by Crippen LogP contribution is -2.30. The molecule has 0 bridgehead atoms. The lowest BCUT2D eigenvalue weighted by Gasteiger charge is -2.13. The molecular weight excluding hydrogens is 350 g/mol. The predicted molar refractivity (Wildman–Crippen MR) is 86.1 cm³/mol. The van der Waals surface area contributed by atoms with Gasteiger partial charge >= 0.3 is 0 Å². The number of rotatable bonds is 2. The molecule has 4 rings (SSSR count). The zero-order valence-electron chi connectivity index (χ0n) is 12.5. The van der Waals surface area contributed by atoms with Gasteiger partial charge in [0.2, 0.25) is 4.96 Å². The third-order valence-corrected chi connectivity index (χ3v) is 4.70. The number of fused-ring (bicyclic) bond motifs is 3. The first-order valence-electron chi connectivity index (χ1n) is 6.92. The van der Waals surface area contributed by atoms with Gasteiger partial charge in [-0.1, -0.05) is 11.3 Å². The molecule has 0 N–H and O–H groups in total. The summed E-state index contributed by atoms with van der Waals surface area (Å²) in [6.45, 7) is 1.46. The number of benzene rings is 1. The molecule has 25 heavy (non-hydrogen) atoms. The van der Waals surface area contributed by atoms with Crippen molar-refractivity contribution in [2.24, 2.45) is 0 Å². The Balaban J connectivity index is 1.84. The lowest BCUT2D eigenvalue weighted by molar-refractivity contribution is -0.384. The largest absolute Gasteiger partial charge is 0.295 e. The Hall–Kier alpha value is -3.47. The maximum atomic E-state index is 12.7. The van der Waals surface area contributed by atoms with Gasteiger partial charge in [-0.2, -0.15) is 14.6 Å². The first-order valence-corrected chi connectivity index (χ1v) is 7.74.